The average molecular weight is 605 g/mol. The predicted molar refractivity (Wildman–Crippen MR) is 162 cm³/mol. The molecule has 2 rings (SSSR count). The van der Waals surface area contributed by atoms with E-state index in [2.05, 4.69) is 19.1 Å². The van der Waals surface area contributed by atoms with Gasteiger partial charge in [-0.2, -0.15) is 0 Å². The summed E-state index contributed by atoms with van der Waals surface area (Å²) >= 11 is 0. The van der Waals surface area contributed by atoms with Gasteiger partial charge in [-0.15, -0.1) is 0 Å². The van der Waals surface area contributed by atoms with Crippen LogP contribution in [0, 0.1) is 0 Å². The van der Waals surface area contributed by atoms with Gasteiger partial charge in [0, 0.05) is 25.0 Å². The van der Waals surface area contributed by atoms with Gasteiger partial charge in [0.2, 0.25) is 0 Å². The smallest absolute Gasteiger partial charge is 0.303 e. The van der Waals surface area contributed by atoms with E-state index < -0.39 is 67.0 Å². The van der Waals surface area contributed by atoms with Crippen molar-refractivity contribution in [3.8, 4) is 0 Å². The Morgan fingerprint density at radius 3 is 1.88 bits per heavy atom. The van der Waals surface area contributed by atoms with Gasteiger partial charge in [0.05, 0.1) is 12.1 Å². The number of carboxylic acid groups (broad SMARTS) is 1. The summed E-state index contributed by atoms with van der Waals surface area (Å²) in [6.07, 6.45) is 13.5. The summed E-state index contributed by atoms with van der Waals surface area (Å²) in [5, 5.41) is 48.1. The number of carbonyl (C=O) groups is 1. The van der Waals surface area contributed by atoms with Crippen LogP contribution in [0.25, 0.3) is 0 Å². The van der Waals surface area contributed by atoms with Crippen molar-refractivity contribution in [1.82, 2.24) is 0 Å². The molecule has 1 heterocycles. The molecule has 0 amide bonds. The van der Waals surface area contributed by atoms with E-state index in [1.54, 1.807) is 0 Å². The van der Waals surface area contributed by atoms with Crippen molar-refractivity contribution in [2.75, 3.05) is 6.54 Å². The third-order valence-corrected chi connectivity index (χ3v) is 8.02. The molecule has 0 radical (unpaired) electrons. The van der Waals surface area contributed by atoms with Crippen LogP contribution in [-0.4, -0.2) is 99.1 Å². The third-order valence-electron chi connectivity index (χ3n) is 8.02. The maximum atomic E-state index is 10.3. The summed E-state index contributed by atoms with van der Waals surface area (Å²) in [6.45, 7) is 2.21. The molecule has 12 heteroatoms. The number of carboxylic acids is 1. The van der Waals surface area contributed by atoms with Crippen molar-refractivity contribution in [2.24, 2.45) is 22.9 Å². The Kier molecular flexibility index (Phi) is 20.7. The highest BCUT2D eigenvalue weighted by Crippen LogP contribution is 2.27. The molecule has 248 valence electrons. The van der Waals surface area contributed by atoms with E-state index in [0.29, 0.717) is 6.42 Å². The van der Waals surface area contributed by atoms with E-state index in [4.69, 9.17) is 37.5 Å². The van der Waals surface area contributed by atoms with Crippen LogP contribution in [0.3, 0.4) is 0 Å². The molecule has 12 nitrogen and oxygen atoms in total. The maximum Gasteiger partial charge on any atom is 0.303 e. The number of ether oxygens (including phenoxy) is 2. The fourth-order valence-corrected chi connectivity index (χ4v) is 5.24. The quantitative estimate of drug-likeness (QED) is 0.0786. The minimum absolute atomic E-state index is 0.0441. The van der Waals surface area contributed by atoms with E-state index in [-0.39, 0.29) is 13.0 Å². The molecule has 42 heavy (non-hydrogen) atoms. The minimum atomic E-state index is -1.31. The molecular weight excluding hydrogens is 544 g/mol. The van der Waals surface area contributed by atoms with Gasteiger partial charge in [0.25, 0.3) is 0 Å². The molecule has 1 saturated carbocycles. The van der Waals surface area contributed by atoms with E-state index in [9.17, 15) is 25.2 Å². The van der Waals surface area contributed by atoms with Crippen LogP contribution in [-0.2, 0) is 14.3 Å². The largest absolute Gasteiger partial charge is 0.481 e. The Morgan fingerprint density at radius 2 is 1.33 bits per heavy atom. The first-order chi connectivity index (χ1) is 20.0. The number of nitrogens with two attached hydrogens (primary N) is 4. The minimum Gasteiger partial charge on any atom is -0.481 e. The van der Waals surface area contributed by atoms with Crippen LogP contribution >= 0.6 is 0 Å². The van der Waals surface area contributed by atoms with Gasteiger partial charge in [0.15, 0.2) is 6.29 Å². The lowest BCUT2D eigenvalue weighted by molar-refractivity contribution is -0.287. The predicted octanol–water partition coefficient (Wildman–Crippen LogP) is 0.993. The molecule has 0 unspecified atom stereocenters. The monoisotopic (exact) mass is 604 g/mol. The molecule has 1 aliphatic carbocycles. The summed E-state index contributed by atoms with van der Waals surface area (Å²) < 4.78 is 11.0. The summed E-state index contributed by atoms with van der Waals surface area (Å²) in [4.78, 5) is 10.3. The number of allylic oxidation sites excluding steroid dienone is 2. The first kappa shape index (κ1) is 38.8. The van der Waals surface area contributed by atoms with Gasteiger partial charge in [-0.05, 0) is 38.5 Å². The Labute approximate surface area is 251 Å². The lowest BCUT2D eigenvalue weighted by atomic mass is 9.84. The van der Waals surface area contributed by atoms with Crippen LogP contribution in [0.5, 0.6) is 0 Å². The lowest BCUT2D eigenvalue weighted by Crippen LogP contribution is -2.67. The number of rotatable bonds is 18. The van der Waals surface area contributed by atoms with Gasteiger partial charge < -0.3 is 57.9 Å². The van der Waals surface area contributed by atoms with E-state index in [1.165, 1.54) is 70.6 Å². The Balaban J connectivity index is 0.000000423. The normalized spacial score (nSPS) is 33.4. The second kappa shape index (κ2) is 22.3. The molecule has 10 atom stereocenters. The van der Waals surface area contributed by atoms with Crippen molar-refractivity contribution >= 4 is 5.97 Å². The molecule has 0 bridgehead atoms. The van der Waals surface area contributed by atoms with Crippen molar-refractivity contribution < 1.29 is 39.8 Å². The second-order valence-electron chi connectivity index (χ2n) is 11.7. The maximum absolute atomic E-state index is 10.3. The standard InChI is InChI=1S/C18H34O2.C12H26N4O6/c1-2-3-4-5-6-7-8-9-10-11-12-13-14-15-16-17-18(19)20;13-2-5-8(18)9(19)6(16)12(21-5)22-11-4(15)1-3(14)7(17)10(11)20/h9-10H,2-8,11-17H2,1H3,(H,19,20);3-12,17-20H,1-2,13-16H2/b10-9-;/t;3-,4+,5-,6-,7+,8-,9-,10-,11-,12-/m.1/s1. The number of hydrogen-bond donors (Lipinski definition) is 9. The zero-order valence-corrected chi connectivity index (χ0v) is 25.5. The lowest BCUT2D eigenvalue weighted by Gasteiger charge is -2.45. The Morgan fingerprint density at radius 1 is 0.786 bits per heavy atom. The fourth-order valence-electron chi connectivity index (χ4n) is 5.24. The molecule has 13 N–H and O–H groups in total. The van der Waals surface area contributed by atoms with Gasteiger partial charge >= 0.3 is 5.97 Å². The zero-order chi connectivity index (χ0) is 31.5. The van der Waals surface area contributed by atoms with Crippen molar-refractivity contribution in [3.63, 3.8) is 0 Å². The van der Waals surface area contributed by atoms with Crippen LogP contribution < -0.4 is 22.9 Å². The number of unbranched alkanes of at least 4 members (excludes halogenated alkanes) is 11. The van der Waals surface area contributed by atoms with Gasteiger partial charge in [0.1, 0.15) is 30.5 Å². The molecule has 1 aliphatic heterocycles. The van der Waals surface area contributed by atoms with E-state index in [1.807, 2.05) is 0 Å². The molecule has 0 spiro atoms. The van der Waals surface area contributed by atoms with Crippen molar-refractivity contribution in [3.05, 3.63) is 12.2 Å². The second-order valence-corrected chi connectivity index (χ2v) is 11.7. The highest BCUT2D eigenvalue weighted by Gasteiger charge is 2.47. The Bertz CT molecular complexity index is 731. The van der Waals surface area contributed by atoms with E-state index in [0.717, 1.165) is 12.8 Å². The number of aliphatic hydroxyl groups excluding tert-OH is 4. The third kappa shape index (κ3) is 14.5. The summed E-state index contributed by atoms with van der Waals surface area (Å²) in [7, 11) is 0. The molecule has 0 aromatic rings. The topological polar surface area (TPSA) is 241 Å². The average Bonchev–Trinajstić information content (AvgIpc) is 2.96. The molecule has 2 aliphatic rings. The van der Waals surface area contributed by atoms with Crippen LogP contribution in [0.4, 0.5) is 0 Å². The molecule has 1 saturated heterocycles. The zero-order valence-electron chi connectivity index (χ0n) is 25.5. The van der Waals surface area contributed by atoms with Crippen molar-refractivity contribution in [2.45, 2.75) is 164 Å². The fraction of sp³-hybridized carbons (Fsp3) is 0.900. The molecular formula is C30H60N4O8. The highest BCUT2D eigenvalue weighted by atomic mass is 16.7. The van der Waals surface area contributed by atoms with Gasteiger partial charge in [-0.1, -0.05) is 70.4 Å². The molecule has 2 fully saturated rings. The SMILES string of the molecule is CCCCCCCC/C=C\CCCCCCCC(=O)O.NC[C@H]1O[C@H](O[C@H]2[C@H](O)[C@@H](O)[C@H](N)C[C@@H]2N)[C@H](N)[C@@H](O)[C@@H]1O. The molecule has 0 aromatic carbocycles. The summed E-state index contributed by atoms with van der Waals surface area (Å²) in [6, 6.07) is -2.34. The van der Waals surface area contributed by atoms with Gasteiger partial charge in [-0.25, -0.2) is 0 Å². The summed E-state index contributed by atoms with van der Waals surface area (Å²) in [5.74, 6) is -0.664. The Hall–Kier alpha value is -1.19. The molecule has 0 aromatic heterocycles. The first-order valence-corrected chi connectivity index (χ1v) is 15.9. The van der Waals surface area contributed by atoms with Crippen LogP contribution in [0.15, 0.2) is 12.2 Å². The summed E-state index contributed by atoms with van der Waals surface area (Å²) in [5.41, 5.74) is 22.8. The first-order valence-electron chi connectivity index (χ1n) is 15.9. The van der Waals surface area contributed by atoms with Gasteiger partial charge in [-0.3, -0.25) is 4.79 Å². The van der Waals surface area contributed by atoms with Crippen LogP contribution in [0.1, 0.15) is 103 Å². The number of aliphatic carboxylic acids is 1. The van der Waals surface area contributed by atoms with Crippen molar-refractivity contribution in [1.29, 1.82) is 0 Å². The number of hydrogen-bond acceptors (Lipinski definition) is 11. The highest BCUT2D eigenvalue weighted by molar-refractivity contribution is 5.66. The number of aliphatic hydroxyl groups is 4. The van der Waals surface area contributed by atoms with Crippen LogP contribution in [0.2, 0.25) is 0 Å². The van der Waals surface area contributed by atoms with E-state index >= 15 is 0 Å².